The number of nitrogens with one attached hydrogen (secondary N) is 1. The zero-order chi connectivity index (χ0) is 11.9. The van der Waals surface area contributed by atoms with E-state index in [0.717, 1.165) is 0 Å². The van der Waals surface area contributed by atoms with Gasteiger partial charge in [0.05, 0.1) is 5.75 Å². The van der Waals surface area contributed by atoms with E-state index in [1.807, 2.05) is 6.26 Å². The normalized spacial score (nSPS) is 13.7. The maximum Gasteiger partial charge on any atom is 0.303 e. The quantitative estimate of drug-likeness (QED) is 0.660. The van der Waals surface area contributed by atoms with Crippen molar-refractivity contribution in [3.05, 3.63) is 0 Å². The molecule has 0 aliphatic rings. The first-order chi connectivity index (χ1) is 6.87. The predicted molar refractivity (Wildman–Crippen MR) is 61.6 cm³/mol. The fraction of sp³-hybridized carbons (Fsp3) is 0.875. The van der Waals surface area contributed by atoms with E-state index in [1.165, 1.54) is 0 Å². The molecule has 0 saturated carbocycles. The van der Waals surface area contributed by atoms with Gasteiger partial charge in [-0.05, 0) is 19.6 Å². The van der Waals surface area contributed by atoms with Crippen LogP contribution in [0.5, 0.6) is 0 Å². The molecular formula is C8H17NO4S2. The second-order valence-electron chi connectivity index (χ2n) is 3.29. The molecule has 0 radical (unpaired) electrons. The zero-order valence-electron chi connectivity index (χ0n) is 8.89. The first-order valence-electron chi connectivity index (χ1n) is 4.58. The lowest BCUT2D eigenvalue weighted by atomic mass is 10.3. The van der Waals surface area contributed by atoms with Gasteiger partial charge in [-0.3, -0.25) is 4.79 Å². The van der Waals surface area contributed by atoms with E-state index in [4.69, 9.17) is 5.11 Å². The lowest BCUT2D eigenvalue weighted by molar-refractivity contribution is -0.137. The summed E-state index contributed by atoms with van der Waals surface area (Å²) in [7, 11) is -3.33. The molecule has 0 spiro atoms. The lowest BCUT2D eigenvalue weighted by Gasteiger charge is -2.12. The smallest absolute Gasteiger partial charge is 0.303 e. The van der Waals surface area contributed by atoms with Gasteiger partial charge in [-0.25, -0.2) is 13.1 Å². The maximum absolute atomic E-state index is 11.4. The van der Waals surface area contributed by atoms with Gasteiger partial charge in [-0.15, -0.1) is 0 Å². The summed E-state index contributed by atoms with van der Waals surface area (Å²) in [4.78, 5) is 10.2. The minimum Gasteiger partial charge on any atom is -0.481 e. The van der Waals surface area contributed by atoms with Gasteiger partial charge in [0.25, 0.3) is 0 Å². The Morgan fingerprint density at radius 1 is 1.53 bits per heavy atom. The Morgan fingerprint density at radius 3 is 2.60 bits per heavy atom. The molecule has 1 atom stereocenters. The Bertz CT molecular complexity index is 289. The Balaban J connectivity index is 3.92. The number of carboxylic acids is 1. The Kier molecular flexibility index (Phi) is 6.95. The van der Waals surface area contributed by atoms with E-state index in [9.17, 15) is 13.2 Å². The maximum atomic E-state index is 11.4. The van der Waals surface area contributed by atoms with Crippen LogP contribution >= 0.6 is 11.8 Å². The molecule has 0 aromatic carbocycles. The van der Waals surface area contributed by atoms with E-state index in [2.05, 4.69) is 4.72 Å². The Labute approximate surface area is 94.7 Å². The first-order valence-corrected chi connectivity index (χ1v) is 7.62. The molecule has 0 aromatic heterocycles. The van der Waals surface area contributed by atoms with Gasteiger partial charge >= 0.3 is 5.97 Å². The Morgan fingerprint density at radius 2 is 2.13 bits per heavy atom. The van der Waals surface area contributed by atoms with Crippen molar-refractivity contribution in [2.24, 2.45) is 0 Å². The van der Waals surface area contributed by atoms with Crippen LogP contribution in [0.3, 0.4) is 0 Å². The van der Waals surface area contributed by atoms with E-state index in [-0.39, 0.29) is 24.6 Å². The van der Waals surface area contributed by atoms with E-state index < -0.39 is 16.0 Å². The summed E-state index contributed by atoms with van der Waals surface area (Å²) in [6, 6.07) is -0.116. The third-order valence-corrected chi connectivity index (χ3v) is 4.02. The largest absolute Gasteiger partial charge is 0.481 e. The zero-order valence-corrected chi connectivity index (χ0v) is 10.5. The fourth-order valence-corrected chi connectivity index (χ4v) is 3.09. The van der Waals surface area contributed by atoms with Crippen LogP contribution < -0.4 is 4.72 Å². The summed E-state index contributed by atoms with van der Waals surface area (Å²) in [5, 5.41) is 8.36. The molecule has 0 aliphatic heterocycles. The molecule has 2 N–H and O–H groups in total. The molecule has 1 unspecified atom stereocenters. The molecule has 5 nitrogen and oxygen atoms in total. The average molecular weight is 255 g/mol. The van der Waals surface area contributed by atoms with Crippen molar-refractivity contribution in [1.29, 1.82) is 0 Å². The van der Waals surface area contributed by atoms with Crippen LogP contribution in [0, 0.1) is 0 Å². The van der Waals surface area contributed by atoms with E-state index >= 15 is 0 Å². The highest BCUT2D eigenvalue weighted by molar-refractivity contribution is 7.98. The van der Waals surface area contributed by atoms with Gasteiger partial charge < -0.3 is 5.11 Å². The minimum atomic E-state index is -3.33. The molecule has 0 amide bonds. The SMILES string of the molecule is CSCC(C)NS(=O)(=O)CCCC(=O)O. The molecule has 0 aromatic rings. The average Bonchev–Trinajstić information content (AvgIpc) is 2.01. The number of rotatable bonds is 8. The summed E-state index contributed by atoms with van der Waals surface area (Å²) in [6.45, 7) is 1.78. The van der Waals surface area contributed by atoms with Gasteiger partial charge in [0.1, 0.15) is 0 Å². The number of sulfonamides is 1. The summed E-state index contributed by atoms with van der Waals surface area (Å²) in [5.41, 5.74) is 0. The van der Waals surface area contributed by atoms with Gasteiger partial charge in [-0.1, -0.05) is 0 Å². The molecule has 0 heterocycles. The van der Waals surface area contributed by atoms with Crippen molar-refractivity contribution in [3.8, 4) is 0 Å². The van der Waals surface area contributed by atoms with Gasteiger partial charge in [0.15, 0.2) is 0 Å². The van der Waals surface area contributed by atoms with Crippen LogP contribution in [0.4, 0.5) is 0 Å². The van der Waals surface area contributed by atoms with Crippen molar-refractivity contribution in [3.63, 3.8) is 0 Å². The highest BCUT2D eigenvalue weighted by atomic mass is 32.2. The number of carboxylic acid groups (broad SMARTS) is 1. The monoisotopic (exact) mass is 255 g/mol. The topological polar surface area (TPSA) is 83.5 Å². The standard InChI is InChI=1S/C8H17NO4S2/c1-7(6-14-2)9-15(12,13)5-3-4-8(10)11/h7,9H,3-6H2,1-2H3,(H,10,11). The Hall–Kier alpha value is -0.270. The predicted octanol–water partition coefficient (Wildman–Crippen LogP) is 0.522. The van der Waals surface area contributed by atoms with Crippen molar-refractivity contribution in [1.82, 2.24) is 4.72 Å². The van der Waals surface area contributed by atoms with Crippen LogP contribution in [-0.4, -0.2) is 43.3 Å². The molecular weight excluding hydrogens is 238 g/mol. The minimum absolute atomic E-state index is 0.113. The second kappa shape index (κ2) is 7.08. The molecule has 0 rings (SSSR count). The number of aliphatic carboxylic acids is 1. The van der Waals surface area contributed by atoms with Crippen LogP contribution in [0.2, 0.25) is 0 Å². The highest BCUT2D eigenvalue weighted by Crippen LogP contribution is 2.00. The van der Waals surface area contributed by atoms with E-state index in [0.29, 0.717) is 5.75 Å². The molecule has 7 heteroatoms. The van der Waals surface area contributed by atoms with Crippen molar-refractivity contribution < 1.29 is 18.3 Å². The highest BCUT2D eigenvalue weighted by Gasteiger charge is 2.14. The van der Waals surface area contributed by atoms with E-state index in [1.54, 1.807) is 18.7 Å². The number of hydrogen-bond donors (Lipinski definition) is 2. The summed E-state index contributed by atoms with van der Waals surface area (Å²) >= 11 is 1.56. The third-order valence-electron chi connectivity index (χ3n) is 1.60. The molecule has 0 saturated heterocycles. The van der Waals surface area contributed by atoms with Crippen molar-refractivity contribution in [2.45, 2.75) is 25.8 Å². The van der Waals surface area contributed by atoms with Gasteiger partial charge in [-0.2, -0.15) is 11.8 Å². The number of thioether (sulfide) groups is 1. The molecule has 0 aliphatic carbocycles. The van der Waals surface area contributed by atoms with Crippen LogP contribution in [-0.2, 0) is 14.8 Å². The lowest BCUT2D eigenvalue weighted by Crippen LogP contribution is -2.35. The van der Waals surface area contributed by atoms with Crippen LogP contribution in [0.15, 0.2) is 0 Å². The molecule has 0 bridgehead atoms. The summed E-state index contributed by atoms with van der Waals surface area (Å²) in [5.74, 6) is -0.390. The second-order valence-corrected chi connectivity index (χ2v) is 6.07. The summed E-state index contributed by atoms with van der Waals surface area (Å²) < 4.78 is 25.3. The third kappa shape index (κ3) is 8.71. The van der Waals surface area contributed by atoms with Gasteiger partial charge in [0.2, 0.25) is 10.0 Å². The van der Waals surface area contributed by atoms with Crippen molar-refractivity contribution >= 4 is 27.8 Å². The fourth-order valence-electron chi connectivity index (χ4n) is 1.06. The van der Waals surface area contributed by atoms with Crippen LogP contribution in [0.1, 0.15) is 19.8 Å². The van der Waals surface area contributed by atoms with Crippen molar-refractivity contribution in [2.75, 3.05) is 17.8 Å². The first kappa shape index (κ1) is 14.7. The molecule has 15 heavy (non-hydrogen) atoms. The van der Waals surface area contributed by atoms with Gasteiger partial charge in [0, 0.05) is 18.2 Å². The number of hydrogen-bond acceptors (Lipinski definition) is 4. The summed E-state index contributed by atoms with van der Waals surface area (Å²) in [6.07, 6.45) is 1.93. The number of carbonyl (C=O) groups is 1. The molecule has 0 fully saturated rings. The molecule has 90 valence electrons. The van der Waals surface area contributed by atoms with Crippen LogP contribution in [0.25, 0.3) is 0 Å².